The second-order valence-electron chi connectivity index (χ2n) is 6.72. The Morgan fingerprint density at radius 3 is 1.94 bits per heavy atom. The maximum Gasteiger partial charge on any atom is 0.328 e. The highest BCUT2D eigenvalue weighted by molar-refractivity contribution is 7.98. The van der Waals surface area contributed by atoms with Crippen molar-refractivity contribution in [3.05, 3.63) is 0 Å². The SMILES string of the molecule is CSCCC(N)C(=O)NC(CCCN=C(N)N)C(=O)NC(CO)C(=O)NC(CO)C(=O)O. The Kier molecular flexibility index (Phi) is 14.8. The summed E-state index contributed by atoms with van der Waals surface area (Å²) >= 11 is 1.51. The molecule has 0 rings (SSSR count). The molecule has 32 heavy (non-hydrogen) atoms. The molecule has 0 heterocycles. The summed E-state index contributed by atoms with van der Waals surface area (Å²) in [4.78, 5) is 51.9. The Hall–Kier alpha value is -2.62. The second-order valence-corrected chi connectivity index (χ2v) is 7.71. The molecular weight excluding hydrogens is 446 g/mol. The lowest BCUT2D eigenvalue weighted by molar-refractivity contribution is -0.143. The Balaban J connectivity index is 5.23. The fourth-order valence-electron chi connectivity index (χ4n) is 2.35. The van der Waals surface area contributed by atoms with Crippen LogP contribution in [0.2, 0.25) is 0 Å². The van der Waals surface area contributed by atoms with Crippen molar-refractivity contribution in [2.75, 3.05) is 31.8 Å². The average Bonchev–Trinajstić information content (AvgIpc) is 2.74. The second kappa shape index (κ2) is 16.1. The van der Waals surface area contributed by atoms with E-state index < -0.39 is 61.1 Å². The van der Waals surface area contributed by atoms with E-state index in [2.05, 4.69) is 15.6 Å². The third-order valence-corrected chi connectivity index (χ3v) is 4.80. The summed E-state index contributed by atoms with van der Waals surface area (Å²) in [6, 6.07) is -5.10. The number of hydrogen-bond acceptors (Lipinski definition) is 9. The molecule has 12 N–H and O–H groups in total. The molecule has 0 saturated carbocycles. The van der Waals surface area contributed by atoms with Crippen molar-refractivity contribution in [2.24, 2.45) is 22.2 Å². The van der Waals surface area contributed by atoms with Gasteiger partial charge in [-0.3, -0.25) is 19.4 Å². The topological polar surface area (TPSA) is 255 Å². The van der Waals surface area contributed by atoms with E-state index in [4.69, 9.17) is 27.4 Å². The van der Waals surface area contributed by atoms with Crippen LogP contribution in [0.25, 0.3) is 0 Å². The standard InChI is InChI=1S/C17H33N7O7S/c1-32-6-4-9(18)13(27)22-10(3-2-5-21-17(19)20)14(28)23-11(7-25)15(29)24-12(8-26)16(30)31/h9-12,25-26H,2-8,18H2,1H3,(H,22,27)(H,23,28)(H,24,29)(H,30,31)(H4,19,20,21). The predicted molar refractivity (Wildman–Crippen MR) is 118 cm³/mol. The molecule has 184 valence electrons. The molecule has 14 nitrogen and oxygen atoms in total. The van der Waals surface area contributed by atoms with E-state index in [-0.39, 0.29) is 18.9 Å². The Labute approximate surface area is 189 Å². The van der Waals surface area contributed by atoms with Gasteiger partial charge in [0, 0.05) is 6.54 Å². The van der Waals surface area contributed by atoms with Crippen LogP contribution in [0.4, 0.5) is 0 Å². The number of aliphatic carboxylic acids is 1. The van der Waals surface area contributed by atoms with Crippen molar-refractivity contribution in [1.29, 1.82) is 0 Å². The summed E-state index contributed by atoms with van der Waals surface area (Å²) in [5, 5.41) is 34.1. The van der Waals surface area contributed by atoms with Gasteiger partial charge in [0.1, 0.15) is 18.1 Å². The van der Waals surface area contributed by atoms with Crippen LogP contribution in [0.15, 0.2) is 4.99 Å². The molecular formula is C17H33N7O7S. The summed E-state index contributed by atoms with van der Waals surface area (Å²) in [6.07, 6.45) is 2.64. The number of aliphatic hydroxyl groups excluding tert-OH is 2. The highest BCUT2D eigenvalue weighted by Crippen LogP contribution is 2.03. The van der Waals surface area contributed by atoms with Gasteiger partial charge in [0.2, 0.25) is 17.7 Å². The molecule has 0 aliphatic heterocycles. The highest BCUT2D eigenvalue weighted by Gasteiger charge is 2.29. The van der Waals surface area contributed by atoms with Crippen LogP contribution in [-0.4, -0.2) is 101 Å². The number of amides is 3. The van der Waals surface area contributed by atoms with Crippen LogP contribution in [-0.2, 0) is 19.2 Å². The van der Waals surface area contributed by atoms with Crippen molar-refractivity contribution < 1.29 is 34.5 Å². The van der Waals surface area contributed by atoms with Crippen molar-refractivity contribution in [2.45, 2.75) is 43.4 Å². The third-order valence-electron chi connectivity index (χ3n) is 4.16. The molecule has 0 aliphatic carbocycles. The molecule has 0 aliphatic rings. The minimum atomic E-state index is -1.61. The number of guanidine groups is 1. The van der Waals surface area contributed by atoms with E-state index in [1.807, 2.05) is 11.6 Å². The van der Waals surface area contributed by atoms with Crippen LogP contribution in [0.1, 0.15) is 19.3 Å². The number of carbonyl (C=O) groups excluding carboxylic acids is 3. The fraction of sp³-hybridized carbons (Fsp3) is 0.706. The average molecular weight is 480 g/mol. The van der Waals surface area contributed by atoms with Gasteiger partial charge >= 0.3 is 5.97 Å². The first-order valence-corrected chi connectivity index (χ1v) is 11.1. The summed E-state index contributed by atoms with van der Waals surface area (Å²) < 4.78 is 0. The van der Waals surface area contributed by atoms with Gasteiger partial charge in [0.25, 0.3) is 0 Å². The van der Waals surface area contributed by atoms with Crippen molar-refractivity contribution in [3.63, 3.8) is 0 Å². The van der Waals surface area contributed by atoms with E-state index in [1.165, 1.54) is 11.8 Å². The number of hydrogen-bond donors (Lipinski definition) is 9. The molecule has 0 radical (unpaired) electrons. The largest absolute Gasteiger partial charge is 0.480 e. The summed E-state index contributed by atoms with van der Waals surface area (Å²) in [6.45, 7) is -1.55. The lowest BCUT2D eigenvalue weighted by Gasteiger charge is -2.24. The van der Waals surface area contributed by atoms with Crippen molar-refractivity contribution in [3.8, 4) is 0 Å². The van der Waals surface area contributed by atoms with Crippen molar-refractivity contribution in [1.82, 2.24) is 16.0 Å². The number of rotatable bonds is 16. The highest BCUT2D eigenvalue weighted by atomic mass is 32.2. The molecule has 3 amide bonds. The molecule has 0 spiro atoms. The number of carbonyl (C=O) groups is 4. The monoisotopic (exact) mass is 479 g/mol. The van der Waals surface area contributed by atoms with Gasteiger partial charge in [0.15, 0.2) is 5.96 Å². The Morgan fingerprint density at radius 2 is 1.44 bits per heavy atom. The maximum absolute atomic E-state index is 12.7. The van der Waals surface area contributed by atoms with Gasteiger partial charge < -0.3 is 48.5 Å². The van der Waals surface area contributed by atoms with Crippen LogP contribution >= 0.6 is 11.8 Å². The number of nitrogens with one attached hydrogen (secondary N) is 3. The number of aliphatic hydroxyl groups is 2. The molecule has 0 aromatic heterocycles. The van der Waals surface area contributed by atoms with Gasteiger partial charge in [-0.2, -0.15) is 11.8 Å². The number of carboxylic acid groups (broad SMARTS) is 1. The van der Waals surface area contributed by atoms with Gasteiger partial charge in [-0.05, 0) is 31.3 Å². The quantitative estimate of drug-likeness (QED) is 0.0580. The summed E-state index contributed by atoms with van der Waals surface area (Å²) in [5.41, 5.74) is 16.3. The molecule has 0 bridgehead atoms. The molecule has 0 aromatic rings. The summed E-state index contributed by atoms with van der Waals surface area (Å²) in [7, 11) is 0. The van der Waals surface area contributed by atoms with E-state index in [0.29, 0.717) is 18.6 Å². The first-order valence-electron chi connectivity index (χ1n) is 9.72. The van der Waals surface area contributed by atoms with Crippen LogP contribution in [0, 0.1) is 0 Å². The zero-order chi connectivity index (χ0) is 24.7. The van der Waals surface area contributed by atoms with Gasteiger partial charge in [-0.15, -0.1) is 0 Å². The molecule has 4 atom stereocenters. The number of aliphatic imine (C=N–C) groups is 1. The molecule has 15 heteroatoms. The Bertz CT molecular complexity index is 661. The zero-order valence-corrected chi connectivity index (χ0v) is 18.6. The lowest BCUT2D eigenvalue weighted by atomic mass is 10.1. The van der Waals surface area contributed by atoms with Crippen LogP contribution < -0.4 is 33.2 Å². The summed E-state index contributed by atoms with van der Waals surface area (Å²) in [5.74, 6) is -3.39. The van der Waals surface area contributed by atoms with E-state index >= 15 is 0 Å². The number of thioether (sulfide) groups is 1. The molecule has 4 unspecified atom stereocenters. The van der Waals surface area contributed by atoms with Gasteiger partial charge in [-0.25, -0.2) is 4.79 Å². The lowest BCUT2D eigenvalue weighted by Crippen LogP contribution is -2.58. The first kappa shape index (κ1) is 29.4. The molecule has 0 aromatic carbocycles. The normalized spacial score (nSPS) is 14.4. The molecule has 0 saturated heterocycles. The predicted octanol–water partition coefficient (Wildman–Crippen LogP) is -4.36. The van der Waals surface area contributed by atoms with Crippen molar-refractivity contribution >= 4 is 41.4 Å². The van der Waals surface area contributed by atoms with E-state index in [1.54, 1.807) is 0 Å². The Morgan fingerprint density at radius 1 is 0.906 bits per heavy atom. The zero-order valence-electron chi connectivity index (χ0n) is 17.8. The van der Waals surface area contributed by atoms with Gasteiger partial charge in [0.05, 0.1) is 19.3 Å². The van der Waals surface area contributed by atoms with E-state index in [9.17, 15) is 24.3 Å². The number of carboxylic acids is 1. The minimum absolute atomic E-state index is 0.0950. The first-order chi connectivity index (χ1) is 15.1. The van der Waals surface area contributed by atoms with Crippen LogP contribution in [0.5, 0.6) is 0 Å². The number of nitrogens with zero attached hydrogens (tertiary/aromatic N) is 1. The molecule has 0 fully saturated rings. The smallest absolute Gasteiger partial charge is 0.328 e. The van der Waals surface area contributed by atoms with E-state index in [0.717, 1.165) is 0 Å². The third kappa shape index (κ3) is 11.7. The fourth-order valence-corrected chi connectivity index (χ4v) is 2.84. The maximum atomic E-state index is 12.7. The van der Waals surface area contributed by atoms with Gasteiger partial charge in [-0.1, -0.05) is 0 Å². The number of nitrogens with two attached hydrogens (primary N) is 3. The van der Waals surface area contributed by atoms with Crippen LogP contribution in [0.3, 0.4) is 0 Å². The minimum Gasteiger partial charge on any atom is -0.480 e.